The van der Waals surface area contributed by atoms with Crippen molar-refractivity contribution in [1.29, 1.82) is 0 Å². The number of methoxy groups -OCH3 is 1. The highest BCUT2D eigenvalue weighted by Crippen LogP contribution is 2.41. The summed E-state index contributed by atoms with van der Waals surface area (Å²) in [6.45, 7) is 1.13. The van der Waals surface area contributed by atoms with Gasteiger partial charge < -0.3 is 19.3 Å². The van der Waals surface area contributed by atoms with Crippen LogP contribution in [-0.2, 0) is 11.2 Å². The quantitative estimate of drug-likeness (QED) is 0.864. The Labute approximate surface area is 98.9 Å². The number of fused-ring (bicyclic) bond motifs is 1. The molecule has 2 rings (SSSR count). The minimum atomic E-state index is -0.905. The van der Waals surface area contributed by atoms with Gasteiger partial charge in [-0.1, -0.05) is 6.07 Å². The molecule has 92 valence electrons. The Kier molecular flexibility index (Phi) is 3.37. The van der Waals surface area contributed by atoms with E-state index in [1.807, 2.05) is 0 Å². The molecule has 5 nitrogen and oxygen atoms in total. The summed E-state index contributed by atoms with van der Waals surface area (Å²) < 4.78 is 16.3. The number of aliphatic carboxylic acids is 1. The van der Waals surface area contributed by atoms with Crippen LogP contribution in [0.4, 0.5) is 0 Å². The van der Waals surface area contributed by atoms with E-state index in [0.29, 0.717) is 36.0 Å². The lowest BCUT2D eigenvalue weighted by Gasteiger charge is -2.14. The molecule has 0 aliphatic carbocycles. The molecule has 0 saturated heterocycles. The second-order valence-corrected chi connectivity index (χ2v) is 3.71. The van der Waals surface area contributed by atoms with Gasteiger partial charge in [-0.25, -0.2) is 0 Å². The van der Waals surface area contributed by atoms with Crippen molar-refractivity contribution < 1.29 is 24.1 Å². The zero-order valence-electron chi connectivity index (χ0n) is 9.56. The van der Waals surface area contributed by atoms with Gasteiger partial charge in [0.15, 0.2) is 11.5 Å². The molecule has 0 aromatic heterocycles. The van der Waals surface area contributed by atoms with Gasteiger partial charge in [-0.3, -0.25) is 4.79 Å². The van der Waals surface area contributed by atoms with Gasteiger partial charge in [0, 0.05) is 12.0 Å². The third-order valence-corrected chi connectivity index (χ3v) is 2.50. The molecule has 0 bridgehead atoms. The van der Waals surface area contributed by atoms with Crippen LogP contribution in [0.3, 0.4) is 0 Å². The number of ether oxygens (including phenoxy) is 3. The standard InChI is InChI=1S/C12H14O5/c1-15-11-8(7-10(13)14)3-4-9-12(11)17-6-2-5-16-9/h3-4H,2,5-7H2,1H3,(H,13,14). The minimum Gasteiger partial charge on any atom is -0.492 e. The summed E-state index contributed by atoms with van der Waals surface area (Å²) in [5.74, 6) is 0.654. The van der Waals surface area contributed by atoms with Gasteiger partial charge in [-0.05, 0) is 6.07 Å². The Morgan fingerprint density at radius 1 is 1.41 bits per heavy atom. The molecule has 1 aromatic carbocycles. The number of carbonyl (C=O) groups is 1. The summed E-state index contributed by atoms with van der Waals surface area (Å²) in [6, 6.07) is 3.42. The molecule has 1 aromatic rings. The normalized spacial score (nSPS) is 13.9. The van der Waals surface area contributed by atoms with E-state index in [2.05, 4.69) is 0 Å². The van der Waals surface area contributed by atoms with E-state index in [9.17, 15) is 4.79 Å². The van der Waals surface area contributed by atoms with Crippen molar-refractivity contribution >= 4 is 5.97 Å². The Morgan fingerprint density at radius 2 is 2.18 bits per heavy atom. The fourth-order valence-electron chi connectivity index (χ4n) is 1.78. The maximum atomic E-state index is 10.7. The zero-order chi connectivity index (χ0) is 12.3. The van der Waals surface area contributed by atoms with Crippen LogP contribution in [0.2, 0.25) is 0 Å². The molecule has 1 N–H and O–H groups in total. The first-order valence-electron chi connectivity index (χ1n) is 5.39. The van der Waals surface area contributed by atoms with Crippen LogP contribution in [0.25, 0.3) is 0 Å². The number of carboxylic acid groups (broad SMARTS) is 1. The average molecular weight is 238 g/mol. The van der Waals surface area contributed by atoms with Crippen molar-refractivity contribution in [3.8, 4) is 17.2 Å². The largest absolute Gasteiger partial charge is 0.492 e. The van der Waals surface area contributed by atoms with Gasteiger partial charge >= 0.3 is 5.97 Å². The number of hydrogen-bond acceptors (Lipinski definition) is 4. The Bertz CT molecular complexity index is 427. The molecule has 17 heavy (non-hydrogen) atoms. The molecule has 0 spiro atoms. The summed E-state index contributed by atoms with van der Waals surface area (Å²) in [7, 11) is 1.50. The van der Waals surface area contributed by atoms with Crippen molar-refractivity contribution in [3.05, 3.63) is 17.7 Å². The molecule has 5 heteroatoms. The Morgan fingerprint density at radius 3 is 2.88 bits per heavy atom. The van der Waals surface area contributed by atoms with E-state index in [1.165, 1.54) is 7.11 Å². The van der Waals surface area contributed by atoms with E-state index in [0.717, 1.165) is 6.42 Å². The average Bonchev–Trinajstić information content (AvgIpc) is 2.53. The SMILES string of the molecule is COc1c(CC(=O)O)ccc2c1OCCCO2. The summed E-state index contributed by atoms with van der Waals surface area (Å²) in [6.07, 6.45) is 0.700. The van der Waals surface area contributed by atoms with Crippen LogP contribution in [0.15, 0.2) is 12.1 Å². The van der Waals surface area contributed by atoms with E-state index in [4.69, 9.17) is 19.3 Å². The van der Waals surface area contributed by atoms with E-state index < -0.39 is 5.97 Å². The fraction of sp³-hybridized carbons (Fsp3) is 0.417. The summed E-state index contributed by atoms with van der Waals surface area (Å²) in [5, 5.41) is 8.82. The minimum absolute atomic E-state index is 0.0974. The van der Waals surface area contributed by atoms with Crippen LogP contribution >= 0.6 is 0 Å². The van der Waals surface area contributed by atoms with E-state index in [1.54, 1.807) is 12.1 Å². The highest BCUT2D eigenvalue weighted by atomic mass is 16.5. The van der Waals surface area contributed by atoms with Gasteiger partial charge in [0.1, 0.15) is 0 Å². The molecule has 1 aliphatic heterocycles. The Balaban J connectivity index is 2.42. The van der Waals surface area contributed by atoms with Crippen molar-refractivity contribution in [2.75, 3.05) is 20.3 Å². The fourth-order valence-corrected chi connectivity index (χ4v) is 1.78. The summed E-state index contributed by atoms with van der Waals surface area (Å²) in [5.41, 5.74) is 0.587. The first-order chi connectivity index (χ1) is 8.22. The molecule has 1 aliphatic rings. The van der Waals surface area contributed by atoms with Gasteiger partial charge in [0.2, 0.25) is 5.75 Å². The number of benzene rings is 1. The lowest BCUT2D eigenvalue weighted by Crippen LogP contribution is -2.04. The predicted octanol–water partition coefficient (Wildman–Crippen LogP) is 1.48. The lowest BCUT2D eigenvalue weighted by molar-refractivity contribution is -0.136. The first-order valence-corrected chi connectivity index (χ1v) is 5.39. The van der Waals surface area contributed by atoms with Crippen LogP contribution in [-0.4, -0.2) is 31.4 Å². The van der Waals surface area contributed by atoms with Crippen molar-refractivity contribution in [2.45, 2.75) is 12.8 Å². The van der Waals surface area contributed by atoms with Crippen molar-refractivity contribution in [1.82, 2.24) is 0 Å². The molecular weight excluding hydrogens is 224 g/mol. The number of hydrogen-bond donors (Lipinski definition) is 1. The molecule has 1 heterocycles. The van der Waals surface area contributed by atoms with Crippen molar-refractivity contribution in [2.24, 2.45) is 0 Å². The van der Waals surface area contributed by atoms with Gasteiger partial charge in [0.05, 0.1) is 26.7 Å². The molecule has 0 atom stereocenters. The molecule has 0 amide bonds. The van der Waals surface area contributed by atoms with Gasteiger partial charge in [0.25, 0.3) is 0 Å². The molecule has 0 unspecified atom stereocenters. The highest BCUT2D eigenvalue weighted by Gasteiger charge is 2.20. The molecule has 0 fully saturated rings. The van der Waals surface area contributed by atoms with Crippen LogP contribution in [0.1, 0.15) is 12.0 Å². The number of rotatable bonds is 3. The second kappa shape index (κ2) is 4.95. The van der Waals surface area contributed by atoms with Crippen LogP contribution < -0.4 is 14.2 Å². The zero-order valence-corrected chi connectivity index (χ0v) is 9.56. The third-order valence-electron chi connectivity index (χ3n) is 2.50. The molecular formula is C12H14O5. The smallest absolute Gasteiger partial charge is 0.307 e. The monoisotopic (exact) mass is 238 g/mol. The maximum Gasteiger partial charge on any atom is 0.307 e. The summed E-state index contributed by atoms with van der Waals surface area (Å²) >= 11 is 0. The van der Waals surface area contributed by atoms with Gasteiger partial charge in [-0.2, -0.15) is 0 Å². The van der Waals surface area contributed by atoms with Crippen LogP contribution in [0, 0.1) is 0 Å². The molecule has 0 radical (unpaired) electrons. The highest BCUT2D eigenvalue weighted by molar-refractivity contribution is 5.73. The lowest BCUT2D eigenvalue weighted by atomic mass is 10.1. The van der Waals surface area contributed by atoms with E-state index >= 15 is 0 Å². The van der Waals surface area contributed by atoms with Gasteiger partial charge in [-0.15, -0.1) is 0 Å². The second-order valence-electron chi connectivity index (χ2n) is 3.71. The van der Waals surface area contributed by atoms with Crippen molar-refractivity contribution in [3.63, 3.8) is 0 Å². The maximum absolute atomic E-state index is 10.7. The van der Waals surface area contributed by atoms with Crippen LogP contribution in [0.5, 0.6) is 17.2 Å². The summed E-state index contributed by atoms with van der Waals surface area (Å²) in [4.78, 5) is 10.7. The number of carboxylic acids is 1. The first kappa shape index (κ1) is 11.6. The molecule has 0 saturated carbocycles. The topological polar surface area (TPSA) is 65.0 Å². The van der Waals surface area contributed by atoms with E-state index in [-0.39, 0.29) is 6.42 Å². The Hall–Kier alpha value is -1.91. The predicted molar refractivity (Wildman–Crippen MR) is 59.9 cm³/mol. The third kappa shape index (κ3) is 2.43.